The number of ether oxygens (including phenoxy) is 2. The zero-order valence-electron chi connectivity index (χ0n) is 21.8. The molecule has 3 aromatic rings. The summed E-state index contributed by atoms with van der Waals surface area (Å²) in [5.41, 5.74) is 3.89. The number of benzene rings is 2. The van der Waals surface area contributed by atoms with Crippen LogP contribution in [-0.2, 0) is 16.1 Å². The first kappa shape index (κ1) is 28.2. The Morgan fingerprint density at radius 2 is 1.72 bits per heavy atom. The number of hydrogen-bond acceptors (Lipinski definition) is 5. The van der Waals surface area contributed by atoms with Crippen molar-refractivity contribution >= 4 is 11.9 Å². The zero-order valence-corrected chi connectivity index (χ0v) is 21.8. The Bertz CT molecular complexity index is 1250. The maximum atomic E-state index is 12.6. The smallest absolute Gasteiger partial charge is 0.466 e. The number of rotatable bonds is 10. The van der Waals surface area contributed by atoms with E-state index < -0.39 is 6.36 Å². The summed E-state index contributed by atoms with van der Waals surface area (Å²) in [6, 6.07) is 14.9. The highest BCUT2D eigenvalue weighted by Crippen LogP contribution is 2.35. The highest BCUT2D eigenvalue weighted by atomic mass is 19.4. The zero-order chi connectivity index (χ0) is 27.8. The number of carbonyl (C=O) groups is 2. The Hall–Kier alpha value is -3.82. The molecule has 1 N–H and O–H groups in total. The molecular formula is C29H32F3N3O4. The second kappa shape index (κ2) is 12.8. The summed E-state index contributed by atoms with van der Waals surface area (Å²) in [6.07, 6.45) is 1.00. The Kier molecular flexibility index (Phi) is 9.27. The van der Waals surface area contributed by atoms with Gasteiger partial charge in [-0.1, -0.05) is 31.4 Å². The van der Waals surface area contributed by atoms with Gasteiger partial charge in [0.05, 0.1) is 31.0 Å². The van der Waals surface area contributed by atoms with E-state index in [-0.39, 0.29) is 30.6 Å². The van der Waals surface area contributed by atoms with Crippen molar-refractivity contribution in [2.45, 2.75) is 64.3 Å². The number of alkyl halides is 3. The molecular weight excluding hydrogens is 511 g/mol. The fourth-order valence-electron chi connectivity index (χ4n) is 4.76. The van der Waals surface area contributed by atoms with Gasteiger partial charge < -0.3 is 14.8 Å². The molecule has 39 heavy (non-hydrogen) atoms. The first-order valence-corrected chi connectivity index (χ1v) is 13.2. The van der Waals surface area contributed by atoms with E-state index in [4.69, 9.17) is 9.84 Å². The summed E-state index contributed by atoms with van der Waals surface area (Å²) in [4.78, 5) is 23.9. The fraction of sp³-hybridized carbons (Fsp3) is 0.414. The number of halogens is 3. The topological polar surface area (TPSA) is 82.5 Å². The van der Waals surface area contributed by atoms with Gasteiger partial charge in [0.2, 0.25) is 0 Å². The third kappa shape index (κ3) is 8.08. The molecule has 10 heteroatoms. The molecule has 1 heterocycles. The molecule has 0 aliphatic heterocycles. The molecule has 1 aliphatic rings. The predicted molar refractivity (Wildman–Crippen MR) is 139 cm³/mol. The predicted octanol–water partition coefficient (Wildman–Crippen LogP) is 6.23. The number of nitrogens with zero attached hydrogens (tertiary/aromatic N) is 2. The molecule has 0 spiro atoms. The normalized spacial score (nSPS) is 14.2. The summed E-state index contributed by atoms with van der Waals surface area (Å²) in [6.45, 7) is 2.64. The number of hydrogen-bond donors (Lipinski definition) is 1. The highest BCUT2D eigenvalue weighted by Gasteiger charge is 2.31. The van der Waals surface area contributed by atoms with Gasteiger partial charge >= 0.3 is 12.3 Å². The third-order valence-corrected chi connectivity index (χ3v) is 6.67. The number of carbonyl (C=O) groups excluding carboxylic acids is 2. The van der Waals surface area contributed by atoms with Crippen LogP contribution in [-0.4, -0.2) is 41.2 Å². The highest BCUT2D eigenvalue weighted by molar-refractivity contribution is 5.94. The van der Waals surface area contributed by atoms with E-state index in [9.17, 15) is 22.8 Å². The molecule has 1 saturated carbocycles. The van der Waals surface area contributed by atoms with Crippen LogP contribution in [0.25, 0.3) is 11.3 Å². The van der Waals surface area contributed by atoms with Crippen LogP contribution in [0.4, 0.5) is 13.2 Å². The monoisotopic (exact) mass is 543 g/mol. The quantitative estimate of drug-likeness (QED) is 0.307. The molecule has 0 bridgehead atoms. The van der Waals surface area contributed by atoms with Crippen molar-refractivity contribution < 1.29 is 32.2 Å². The minimum absolute atomic E-state index is 0.104. The van der Waals surface area contributed by atoms with Crippen molar-refractivity contribution in [1.82, 2.24) is 15.1 Å². The number of esters is 1. The molecule has 208 valence electrons. The van der Waals surface area contributed by atoms with E-state index in [0.717, 1.165) is 48.2 Å². The molecule has 7 nitrogen and oxygen atoms in total. The van der Waals surface area contributed by atoms with Gasteiger partial charge in [-0.25, -0.2) is 0 Å². The van der Waals surface area contributed by atoms with E-state index in [1.54, 1.807) is 31.2 Å². The van der Waals surface area contributed by atoms with E-state index >= 15 is 0 Å². The van der Waals surface area contributed by atoms with Gasteiger partial charge in [-0.3, -0.25) is 14.3 Å². The van der Waals surface area contributed by atoms with Crippen molar-refractivity contribution in [3.8, 4) is 17.0 Å². The second-order valence-corrected chi connectivity index (χ2v) is 9.53. The first-order chi connectivity index (χ1) is 18.7. The van der Waals surface area contributed by atoms with Gasteiger partial charge in [0.25, 0.3) is 5.91 Å². The molecule has 0 unspecified atom stereocenters. The maximum absolute atomic E-state index is 12.6. The molecule has 0 atom stereocenters. The lowest BCUT2D eigenvalue weighted by atomic mass is 9.87. The first-order valence-electron chi connectivity index (χ1n) is 13.2. The Morgan fingerprint density at radius 1 is 1.03 bits per heavy atom. The molecule has 2 aromatic carbocycles. The van der Waals surface area contributed by atoms with Crippen LogP contribution < -0.4 is 10.1 Å². The third-order valence-electron chi connectivity index (χ3n) is 6.67. The van der Waals surface area contributed by atoms with Crippen molar-refractivity contribution in [3.05, 3.63) is 71.4 Å². The molecule has 4 rings (SSSR count). The lowest BCUT2D eigenvalue weighted by molar-refractivity contribution is -0.274. The van der Waals surface area contributed by atoms with E-state index in [2.05, 4.69) is 10.1 Å². The van der Waals surface area contributed by atoms with E-state index in [1.165, 1.54) is 18.6 Å². The van der Waals surface area contributed by atoms with Crippen LogP contribution in [0.15, 0.2) is 54.6 Å². The van der Waals surface area contributed by atoms with Gasteiger partial charge in [0, 0.05) is 23.6 Å². The van der Waals surface area contributed by atoms with E-state index in [0.29, 0.717) is 24.6 Å². The van der Waals surface area contributed by atoms with Crippen LogP contribution in [0.5, 0.6) is 5.75 Å². The summed E-state index contributed by atoms with van der Waals surface area (Å²) < 4.78 is 48.5. The van der Waals surface area contributed by atoms with Crippen molar-refractivity contribution in [1.29, 1.82) is 0 Å². The average Bonchev–Trinajstić information content (AvgIpc) is 3.33. The van der Waals surface area contributed by atoms with E-state index in [1.807, 2.05) is 22.9 Å². The summed E-state index contributed by atoms with van der Waals surface area (Å²) >= 11 is 0. The summed E-state index contributed by atoms with van der Waals surface area (Å²) in [5.74, 6) is -0.571. The molecule has 0 radical (unpaired) electrons. The SMILES string of the molecule is CCOC(=O)CCNC(=O)c1ccc(Cn2nc(C3CCCCC3)cc2-c2ccc(OC(F)(F)F)cc2)cc1. The van der Waals surface area contributed by atoms with Crippen LogP contribution in [0.3, 0.4) is 0 Å². The van der Waals surface area contributed by atoms with Gasteiger partial charge in [0.15, 0.2) is 0 Å². The van der Waals surface area contributed by atoms with Gasteiger partial charge in [-0.2, -0.15) is 5.10 Å². The van der Waals surface area contributed by atoms with Crippen LogP contribution in [0.2, 0.25) is 0 Å². The molecule has 1 amide bonds. The minimum Gasteiger partial charge on any atom is -0.466 e. The largest absolute Gasteiger partial charge is 0.573 e. The molecule has 0 saturated heterocycles. The van der Waals surface area contributed by atoms with Crippen LogP contribution in [0, 0.1) is 0 Å². The molecule has 1 aromatic heterocycles. The van der Waals surface area contributed by atoms with Crippen LogP contribution >= 0.6 is 0 Å². The van der Waals surface area contributed by atoms with Gasteiger partial charge in [-0.05, 0) is 67.8 Å². The number of aromatic nitrogens is 2. The molecule has 1 fully saturated rings. The van der Waals surface area contributed by atoms with Crippen LogP contribution in [0.1, 0.15) is 73.0 Å². The van der Waals surface area contributed by atoms with Crippen molar-refractivity contribution in [3.63, 3.8) is 0 Å². The van der Waals surface area contributed by atoms with Crippen molar-refractivity contribution in [2.75, 3.05) is 13.2 Å². The Balaban J connectivity index is 1.49. The van der Waals surface area contributed by atoms with Gasteiger partial charge in [0.1, 0.15) is 5.75 Å². The summed E-state index contributed by atoms with van der Waals surface area (Å²) in [7, 11) is 0. The number of amides is 1. The standard InChI is InChI=1S/C29H32F3N3O4/c1-2-38-27(36)16-17-33-28(37)23-10-8-20(9-11-23)19-35-26(18-25(34-35)21-6-4-3-5-7-21)22-12-14-24(15-13-22)39-29(30,31)32/h8-15,18,21H,2-7,16-17,19H2,1H3,(H,33,37). The Morgan fingerprint density at radius 3 is 2.36 bits per heavy atom. The maximum Gasteiger partial charge on any atom is 0.573 e. The average molecular weight is 544 g/mol. The van der Waals surface area contributed by atoms with Gasteiger partial charge in [-0.15, -0.1) is 13.2 Å². The lowest BCUT2D eigenvalue weighted by Crippen LogP contribution is -2.26. The Labute approximate surface area is 225 Å². The molecule has 1 aliphatic carbocycles. The van der Waals surface area contributed by atoms with Crippen molar-refractivity contribution in [2.24, 2.45) is 0 Å². The lowest BCUT2D eigenvalue weighted by Gasteiger charge is -2.19. The second-order valence-electron chi connectivity index (χ2n) is 9.53. The summed E-state index contributed by atoms with van der Waals surface area (Å²) in [5, 5.41) is 7.61. The number of nitrogens with one attached hydrogen (secondary N) is 1. The minimum atomic E-state index is -4.75. The fourth-order valence-corrected chi connectivity index (χ4v) is 4.76.